The molecule has 1 aromatic heterocycles. The molecule has 0 bridgehead atoms. The third-order valence-corrected chi connectivity index (χ3v) is 4.48. The van der Waals surface area contributed by atoms with Gasteiger partial charge in [0, 0.05) is 17.2 Å². The van der Waals surface area contributed by atoms with Gasteiger partial charge in [-0.3, -0.25) is 0 Å². The van der Waals surface area contributed by atoms with Crippen LogP contribution in [0.1, 0.15) is 5.76 Å². The number of hydrogen-bond acceptors (Lipinski definition) is 6. The van der Waals surface area contributed by atoms with E-state index in [9.17, 15) is 4.79 Å². The third kappa shape index (κ3) is 4.25. The largest absolute Gasteiger partial charge is 0.493 e. The monoisotopic (exact) mass is 410 g/mol. The molecule has 0 aliphatic carbocycles. The van der Waals surface area contributed by atoms with Crippen molar-refractivity contribution < 1.29 is 33.3 Å². The van der Waals surface area contributed by atoms with E-state index in [4.69, 9.17) is 28.5 Å². The maximum atomic E-state index is 10.9. The maximum Gasteiger partial charge on any atom is 0.328 e. The zero-order valence-electron chi connectivity index (χ0n) is 17.1. The van der Waals surface area contributed by atoms with E-state index in [1.165, 1.54) is 6.08 Å². The van der Waals surface area contributed by atoms with Gasteiger partial charge in [0.1, 0.15) is 11.5 Å². The number of ether oxygens (including phenoxy) is 4. The van der Waals surface area contributed by atoms with Crippen molar-refractivity contribution in [2.45, 2.75) is 0 Å². The van der Waals surface area contributed by atoms with Crippen molar-refractivity contribution in [2.24, 2.45) is 0 Å². The molecule has 0 radical (unpaired) electrons. The lowest BCUT2D eigenvalue weighted by atomic mass is 10.0. The lowest BCUT2D eigenvalue weighted by Crippen LogP contribution is -1.92. The molecule has 0 saturated carbocycles. The first-order chi connectivity index (χ1) is 14.5. The van der Waals surface area contributed by atoms with Gasteiger partial charge in [-0.25, -0.2) is 4.79 Å². The van der Waals surface area contributed by atoms with Crippen LogP contribution >= 0.6 is 0 Å². The standard InChI is InChI=1S/C23H22O7/c1-26-18-8-5-14(11-20(18)28-3)17-13-16(7-10-22(24)25)30-23(17)15-6-9-19(27-2)21(12-15)29-4/h5-13H,1-4H3,(H,24,25)/b10-7+. The number of hydrogen-bond donors (Lipinski definition) is 1. The molecule has 1 N–H and O–H groups in total. The molecule has 0 unspecified atom stereocenters. The molecule has 7 heteroatoms. The average molecular weight is 410 g/mol. The van der Waals surface area contributed by atoms with Gasteiger partial charge < -0.3 is 28.5 Å². The van der Waals surface area contributed by atoms with Gasteiger partial charge in [0.25, 0.3) is 0 Å². The highest BCUT2D eigenvalue weighted by atomic mass is 16.5. The number of methoxy groups -OCH3 is 4. The Labute approximate surface area is 174 Å². The molecule has 2 aromatic carbocycles. The topological polar surface area (TPSA) is 87.4 Å². The summed E-state index contributed by atoms with van der Waals surface area (Å²) in [5, 5.41) is 8.95. The molecular formula is C23H22O7. The summed E-state index contributed by atoms with van der Waals surface area (Å²) in [6.07, 6.45) is 2.42. The van der Waals surface area contributed by atoms with Crippen LogP contribution in [0.2, 0.25) is 0 Å². The summed E-state index contributed by atoms with van der Waals surface area (Å²) in [6.45, 7) is 0. The fourth-order valence-electron chi connectivity index (χ4n) is 3.06. The summed E-state index contributed by atoms with van der Waals surface area (Å²) in [5.74, 6) is 2.19. The predicted molar refractivity (Wildman–Crippen MR) is 112 cm³/mol. The van der Waals surface area contributed by atoms with Gasteiger partial charge >= 0.3 is 5.97 Å². The second-order valence-electron chi connectivity index (χ2n) is 6.20. The Morgan fingerprint density at radius 2 is 1.33 bits per heavy atom. The summed E-state index contributed by atoms with van der Waals surface area (Å²) in [5.41, 5.74) is 2.32. The molecule has 30 heavy (non-hydrogen) atoms. The number of rotatable bonds is 8. The van der Waals surface area contributed by atoms with Crippen LogP contribution in [-0.2, 0) is 4.79 Å². The summed E-state index contributed by atoms with van der Waals surface area (Å²) in [6, 6.07) is 12.7. The number of carbonyl (C=O) groups is 1. The summed E-state index contributed by atoms with van der Waals surface area (Å²) >= 11 is 0. The number of carboxylic acid groups (broad SMARTS) is 1. The van der Waals surface area contributed by atoms with Crippen molar-refractivity contribution in [3.63, 3.8) is 0 Å². The van der Waals surface area contributed by atoms with Crippen LogP contribution in [0, 0.1) is 0 Å². The lowest BCUT2D eigenvalue weighted by Gasteiger charge is -2.11. The summed E-state index contributed by atoms with van der Waals surface area (Å²) < 4.78 is 27.4. The molecular weight excluding hydrogens is 388 g/mol. The van der Waals surface area contributed by atoms with Crippen molar-refractivity contribution in [3.05, 3.63) is 54.3 Å². The van der Waals surface area contributed by atoms with Crippen LogP contribution in [0.5, 0.6) is 23.0 Å². The molecule has 7 nitrogen and oxygen atoms in total. The Morgan fingerprint density at radius 3 is 1.87 bits per heavy atom. The van der Waals surface area contributed by atoms with Crippen molar-refractivity contribution in [2.75, 3.05) is 28.4 Å². The second-order valence-corrected chi connectivity index (χ2v) is 6.20. The SMILES string of the molecule is COc1ccc(-c2cc(/C=C/C(=O)O)oc2-c2ccc(OC)c(OC)c2)cc1OC. The van der Waals surface area contributed by atoms with Crippen LogP contribution in [0.3, 0.4) is 0 Å². The molecule has 0 aliphatic heterocycles. The highest BCUT2D eigenvalue weighted by molar-refractivity contribution is 5.87. The first-order valence-electron chi connectivity index (χ1n) is 9.00. The van der Waals surface area contributed by atoms with E-state index in [1.54, 1.807) is 52.7 Å². The van der Waals surface area contributed by atoms with Crippen LogP contribution < -0.4 is 18.9 Å². The summed E-state index contributed by atoms with van der Waals surface area (Å²) in [4.78, 5) is 10.9. The van der Waals surface area contributed by atoms with Gasteiger partial charge in [0.15, 0.2) is 23.0 Å². The van der Waals surface area contributed by atoms with Crippen LogP contribution in [0.4, 0.5) is 0 Å². The van der Waals surface area contributed by atoms with Gasteiger partial charge in [0.05, 0.1) is 28.4 Å². The Kier molecular flexibility index (Phi) is 6.32. The van der Waals surface area contributed by atoms with Gasteiger partial charge in [0.2, 0.25) is 0 Å². The van der Waals surface area contributed by atoms with E-state index in [1.807, 2.05) is 18.2 Å². The third-order valence-electron chi connectivity index (χ3n) is 4.48. The number of benzene rings is 2. The van der Waals surface area contributed by atoms with Crippen LogP contribution in [0.15, 0.2) is 53.0 Å². The van der Waals surface area contributed by atoms with Crippen molar-refractivity contribution in [1.29, 1.82) is 0 Å². The average Bonchev–Trinajstić information content (AvgIpc) is 3.21. The molecule has 156 valence electrons. The van der Waals surface area contributed by atoms with Crippen molar-refractivity contribution in [1.82, 2.24) is 0 Å². The smallest absolute Gasteiger partial charge is 0.328 e. The van der Waals surface area contributed by atoms with Gasteiger partial charge in [-0.05, 0) is 48.0 Å². The van der Waals surface area contributed by atoms with Gasteiger partial charge in [-0.2, -0.15) is 0 Å². The van der Waals surface area contributed by atoms with Gasteiger partial charge in [-0.1, -0.05) is 6.07 Å². The highest BCUT2D eigenvalue weighted by Gasteiger charge is 2.18. The lowest BCUT2D eigenvalue weighted by molar-refractivity contribution is -0.131. The molecule has 3 aromatic rings. The van der Waals surface area contributed by atoms with Crippen molar-refractivity contribution >= 4 is 12.0 Å². The van der Waals surface area contributed by atoms with Crippen molar-refractivity contribution in [3.8, 4) is 45.4 Å². The van der Waals surface area contributed by atoms with E-state index >= 15 is 0 Å². The molecule has 0 aliphatic rings. The molecule has 3 rings (SSSR count). The first-order valence-corrected chi connectivity index (χ1v) is 9.00. The zero-order valence-corrected chi connectivity index (χ0v) is 17.1. The Balaban J connectivity index is 2.18. The second kappa shape index (κ2) is 9.09. The minimum Gasteiger partial charge on any atom is -0.493 e. The Bertz CT molecular complexity index is 1010. The zero-order chi connectivity index (χ0) is 21.7. The Morgan fingerprint density at radius 1 is 0.800 bits per heavy atom. The maximum absolute atomic E-state index is 10.9. The fourth-order valence-corrected chi connectivity index (χ4v) is 3.06. The first kappa shape index (κ1) is 20.9. The van der Waals surface area contributed by atoms with E-state index in [0.717, 1.165) is 22.8 Å². The normalized spacial score (nSPS) is 10.8. The van der Waals surface area contributed by atoms with E-state index in [2.05, 4.69) is 0 Å². The van der Waals surface area contributed by atoms with E-state index < -0.39 is 5.97 Å². The molecule has 0 spiro atoms. The fraction of sp³-hybridized carbons (Fsp3) is 0.174. The minimum absolute atomic E-state index is 0.395. The molecule has 0 fully saturated rings. The predicted octanol–water partition coefficient (Wildman–Crippen LogP) is 4.75. The number of carboxylic acids is 1. The number of aliphatic carboxylic acids is 1. The minimum atomic E-state index is -1.06. The van der Waals surface area contributed by atoms with Crippen LogP contribution in [0.25, 0.3) is 28.5 Å². The van der Waals surface area contributed by atoms with E-state index in [0.29, 0.717) is 34.5 Å². The molecule has 0 saturated heterocycles. The summed E-state index contributed by atoms with van der Waals surface area (Å²) in [7, 11) is 6.25. The molecule has 0 amide bonds. The van der Waals surface area contributed by atoms with Crippen LogP contribution in [-0.4, -0.2) is 39.5 Å². The highest BCUT2D eigenvalue weighted by Crippen LogP contribution is 2.41. The molecule has 1 heterocycles. The van der Waals surface area contributed by atoms with E-state index in [-0.39, 0.29) is 0 Å². The quantitative estimate of drug-likeness (QED) is 0.536. The Hall–Kier alpha value is -3.87. The van der Waals surface area contributed by atoms with Gasteiger partial charge in [-0.15, -0.1) is 0 Å². The molecule has 0 atom stereocenters. The number of furan rings is 1.